The summed E-state index contributed by atoms with van der Waals surface area (Å²) in [5.74, 6) is 5.87. The van der Waals surface area contributed by atoms with Crippen LogP contribution >= 0.6 is 11.3 Å². The van der Waals surface area contributed by atoms with Gasteiger partial charge in [-0.1, -0.05) is 11.8 Å². The molecule has 3 nitrogen and oxygen atoms in total. The third kappa shape index (κ3) is 4.14. The molecular formula is C13H17NO2S. The second kappa shape index (κ2) is 6.77. The van der Waals surface area contributed by atoms with Crippen LogP contribution in [0, 0.1) is 11.8 Å². The Morgan fingerprint density at radius 2 is 2.47 bits per heavy atom. The summed E-state index contributed by atoms with van der Waals surface area (Å²) in [5.41, 5.74) is 5.33. The fraction of sp³-hybridized carbons (Fsp3) is 0.538. The van der Waals surface area contributed by atoms with E-state index in [-0.39, 0.29) is 0 Å². The normalized spacial score (nSPS) is 19.0. The summed E-state index contributed by atoms with van der Waals surface area (Å²) >= 11 is 1.66. The lowest BCUT2D eigenvalue weighted by atomic mass is 10.2. The van der Waals surface area contributed by atoms with Crippen LogP contribution in [0.15, 0.2) is 12.1 Å². The fourth-order valence-corrected chi connectivity index (χ4v) is 2.55. The van der Waals surface area contributed by atoms with E-state index >= 15 is 0 Å². The van der Waals surface area contributed by atoms with Crippen LogP contribution in [0.3, 0.4) is 0 Å². The average Bonchev–Trinajstić information content (AvgIpc) is 2.98. The maximum atomic E-state index is 5.63. The molecule has 0 spiro atoms. The Morgan fingerprint density at radius 1 is 1.53 bits per heavy atom. The van der Waals surface area contributed by atoms with Crippen molar-refractivity contribution in [2.75, 3.05) is 19.8 Å². The first-order valence-corrected chi connectivity index (χ1v) is 6.67. The molecule has 1 fully saturated rings. The molecule has 0 bridgehead atoms. The van der Waals surface area contributed by atoms with E-state index in [0.717, 1.165) is 24.3 Å². The lowest BCUT2D eigenvalue weighted by molar-refractivity contribution is 0.0114. The Kier molecular flexibility index (Phi) is 5.02. The lowest BCUT2D eigenvalue weighted by Crippen LogP contribution is -2.13. The first-order chi connectivity index (χ1) is 8.38. The molecule has 2 heterocycles. The highest BCUT2D eigenvalue weighted by atomic mass is 32.1. The van der Waals surface area contributed by atoms with E-state index in [0.29, 0.717) is 25.9 Å². The standard InChI is InChI=1S/C13H17NO2S/c14-7-1-4-12-5-6-13(17-12)10-15-9-11-3-2-8-16-11/h5-6,11H,2-3,7-10,14H2. The molecule has 0 aromatic carbocycles. The van der Waals surface area contributed by atoms with Crippen LogP contribution in [0.2, 0.25) is 0 Å². The van der Waals surface area contributed by atoms with Crippen molar-refractivity contribution in [2.24, 2.45) is 5.73 Å². The molecule has 0 amide bonds. The van der Waals surface area contributed by atoms with Crippen molar-refractivity contribution in [1.29, 1.82) is 0 Å². The van der Waals surface area contributed by atoms with Crippen LogP contribution in [0.4, 0.5) is 0 Å². The van der Waals surface area contributed by atoms with Gasteiger partial charge in [-0.2, -0.15) is 0 Å². The van der Waals surface area contributed by atoms with E-state index in [2.05, 4.69) is 17.9 Å². The zero-order valence-electron chi connectivity index (χ0n) is 9.78. The molecule has 0 aliphatic carbocycles. The highest BCUT2D eigenvalue weighted by molar-refractivity contribution is 7.12. The second-order valence-corrected chi connectivity index (χ2v) is 5.09. The smallest absolute Gasteiger partial charge is 0.0811 e. The van der Waals surface area contributed by atoms with Crippen LogP contribution in [-0.2, 0) is 16.1 Å². The van der Waals surface area contributed by atoms with Crippen LogP contribution in [0.1, 0.15) is 22.6 Å². The van der Waals surface area contributed by atoms with Gasteiger partial charge in [0.25, 0.3) is 0 Å². The van der Waals surface area contributed by atoms with Crippen LogP contribution < -0.4 is 5.73 Å². The lowest BCUT2D eigenvalue weighted by Gasteiger charge is -2.08. The molecular weight excluding hydrogens is 234 g/mol. The number of rotatable bonds is 4. The SMILES string of the molecule is NCC#Cc1ccc(COCC2CCCO2)s1. The van der Waals surface area contributed by atoms with Gasteiger partial charge in [-0.05, 0) is 25.0 Å². The summed E-state index contributed by atoms with van der Waals surface area (Å²) in [4.78, 5) is 2.25. The highest BCUT2D eigenvalue weighted by Crippen LogP contribution is 2.17. The monoisotopic (exact) mass is 251 g/mol. The van der Waals surface area contributed by atoms with E-state index in [1.54, 1.807) is 11.3 Å². The van der Waals surface area contributed by atoms with Gasteiger partial charge in [0.2, 0.25) is 0 Å². The van der Waals surface area contributed by atoms with Gasteiger partial charge >= 0.3 is 0 Å². The summed E-state index contributed by atoms with van der Waals surface area (Å²) < 4.78 is 11.1. The predicted octanol–water partition coefficient (Wildman–Crippen LogP) is 1.75. The number of hydrogen-bond acceptors (Lipinski definition) is 4. The van der Waals surface area contributed by atoms with Gasteiger partial charge in [-0.3, -0.25) is 0 Å². The summed E-state index contributed by atoms with van der Waals surface area (Å²) in [7, 11) is 0. The molecule has 4 heteroatoms. The Morgan fingerprint density at radius 3 is 3.24 bits per heavy atom. The first-order valence-electron chi connectivity index (χ1n) is 5.85. The van der Waals surface area contributed by atoms with Gasteiger partial charge in [0.1, 0.15) is 0 Å². The Labute approximate surface area is 106 Å². The summed E-state index contributed by atoms with van der Waals surface area (Å²) in [6.07, 6.45) is 2.58. The van der Waals surface area contributed by atoms with E-state index in [4.69, 9.17) is 15.2 Å². The van der Waals surface area contributed by atoms with Crippen molar-refractivity contribution >= 4 is 11.3 Å². The fourth-order valence-electron chi connectivity index (χ4n) is 1.73. The largest absolute Gasteiger partial charge is 0.376 e. The van der Waals surface area contributed by atoms with Gasteiger partial charge in [-0.25, -0.2) is 0 Å². The Balaban J connectivity index is 1.73. The first kappa shape index (κ1) is 12.6. The van der Waals surface area contributed by atoms with E-state index < -0.39 is 0 Å². The molecule has 92 valence electrons. The molecule has 2 N–H and O–H groups in total. The quantitative estimate of drug-likeness (QED) is 0.829. The van der Waals surface area contributed by atoms with E-state index in [1.807, 2.05) is 6.07 Å². The predicted molar refractivity (Wildman–Crippen MR) is 68.9 cm³/mol. The van der Waals surface area contributed by atoms with Crippen molar-refractivity contribution in [3.8, 4) is 11.8 Å². The van der Waals surface area contributed by atoms with Crippen molar-refractivity contribution in [1.82, 2.24) is 0 Å². The van der Waals surface area contributed by atoms with Crippen LogP contribution in [0.5, 0.6) is 0 Å². The maximum absolute atomic E-state index is 5.63. The third-order valence-corrected chi connectivity index (χ3v) is 3.52. The minimum Gasteiger partial charge on any atom is -0.376 e. The van der Waals surface area contributed by atoms with Crippen LogP contribution in [-0.4, -0.2) is 25.9 Å². The summed E-state index contributed by atoms with van der Waals surface area (Å²) in [6, 6.07) is 4.07. The topological polar surface area (TPSA) is 44.5 Å². The molecule has 0 radical (unpaired) electrons. The molecule has 1 unspecified atom stereocenters. The zero-order valence-corrected chi connectivity index (χ0v) is 10.6. The molecule has 1 aromatic rings. The maximum Gasteiger partial charge on any atom is 0.0811 e. The third-order valence-electron chi connectivity index (χ3n) is 2.55. The molecule has 2 rings (SSSR count). The van der Waals surface area contributed by atoms with Gasteiger partial charge in [0.05, 0.1) is 30.7 Å². The van der Waals surface area contributed by atoms with Gasteiger partial charge in [0.15, 0.2) is 0 Å². The van der Waals surface area contributed by atoms with Gasteiger partial charge in [-0.15, -0.1) is 11.3 Å². The minimum absolute atomic E-state index is 0.298. The molecule has 1 atom stereocenters. The number of hydrogen-bond donors (Lipinski definition) is 1. The molecule has 1 aromatic heterocycles. The molecule has 1 aliphatic heterocycles. The second-order valence-electron chi connectivity index (χ2n) is 3.92. The van der Waals surface area contributed by atoms with E-state index in [9.17, 15) is 0 Å². The Hall–Kier alpha value is -0.860. The van der Waals surface area contributed by atoms with Crippen molar-refractivity contribution in [3.63, 3.8) is 0 Å². The molecule has 1 saturated heterocycles. The summed E-state index contributed by atoms with van der Waals surface area (Å²) in [6.45, 7) is 2.63. The molecule has 0 saturated carbocycles. The van der Waals surface area contributed by atoms with Gasteiger partial charge in [0, 0.05) is 11.5 Å². The summed E-state index contributed by atoms with van der Waals surface area (Å²) in [5, 5.41) is 0. The number of ether oxygens (including phenoxy) is 2. The average molecular weight is 251 g/mol. The zero-order chi connectivity index (χ0) is 11.9. The minimum atomic E-state index is 0.298. The van der Waals surface area contributed by atoms with Crippen LogP contribution in [0.25, 0.3) is 0 Å². The van der Waals surface area contributed by atoms with Crippen molar-refractivity contribution in [2.45, 2.75) is 25.6 Å². The molecule has 1 aliphatic rings. The highest BCUT2D eigenvalue weighted by Gasteiger charge is 2.15. The van der Waals surface area contributed by atoms with Crippen molar-refractivity contribution in [3.05, 3.63) is 21.9 Å². The Bertz CT molecular complexity index is 399. The van der Waals surface area contributed by atoms with Crippen molar-refractivity contribution < 1.29 is 9.47 Å². The number of nitrogens with two attached hydrogens (primary N) is 1. The molecule has 17 heavy (non-hydrogen) atoms. The number of thiophene rings is 1. The van der Waals surface area contributed by atoms with Gasteiger partial charge < -0.3 is 15.2 Å². The van der Waals surface area contributed by atoms with E-state index in [1.165, 1.54) is 4.88 Å².